The standard InChI is InChI=1S/C14H20ClN/c1-10-3-4-11(13(15)9-10)7-8-14(16-2)12-5-6-12/h3-4,9,12,14,16H,5-8H2,1-2H3. The molecular formula is C14H20ClN. The van der Waals surface area contributed by atoms with Gasteiger partial charge in [0.15, 0.2) is 0 Å². The van der Waals surface area contributed by atoms with Crippen molar-refractivity contribution >= 4 is 11.6 Å². The fourth-order valence-electron chi connectivity index (χ4n) is 2.28. The molecule has 1 aromatic rings. The first-order valence-corrected chi connectivity index (χ1v) is 6.51. The number of halogens is 1. The third kappa shape index (κ3) is 2.99. The van der Waals surface area contributed by atoms with Crippen LogP contribution in [0.1, 0.15) is 30.4 Å². The average molecular weight is 238 g/mol. The van der Waals surface area contributed by atoms with Gasteiger partial charge in [0.2, 0.25) is 0 Å². The van der Waals surface area contributed by atoms with Crippen molar-refractivity contribution in [2.24, 2.45) is 5.92 Å². The molecule has 1 unspecified atom stereocenters. The molecule has 1 saturated carbocycles. The lowest BCUT2D eigenvalue weighted by Gasteiger charge is -2.15. The Balaban J connectivity index is 1.92. The SMILES string of the molecule is CNC(CCc1ccc(C)cc1Cl)C1CC1. The number of nitrogens with one attached hydrogen (secondary N) is 1. The van der Waals surface area contributed by atoms with Crippen LogP contribution in [0.4, 0.5) is 0 Å². The molecule has 16 heavy (non-hydrogen) atoms. The maximum absolute atomic E-state index is 6.23. The lowest BCUT2D eigenvalue weighted by Crippen LogP contribution is -2.27. The van der Waals surface area contributed by atoms with Gasteiger partial charge in [0.1, 0.15) is 0 Å². The Labute approximate surface area is 103 Å². The second kappa shape index (κ2) is 5.20. The number of aryl methyl sites for hydroxylation is 2. The third-order valence-electron chi connectivity index (χ3n) is 3.50. The van der Waals surface area contributed by atoms with Crippen molar-refractivity contribution in [3.05, 3.63) is 34.3 Å². The summed E-state index contributed by atoms with van der Waals surface area (Å²) in [6.45, 7) is 2.08. The highest BCUT2D eigenvalue weighted by Gasteiger charge is 2.29. The quantitative estimate of drug-likeness (QED) is 0.826. The van der Waals surface area contributed by atoms with Crippen LogP contribution in [0.2, 0.25) is 5.02 Å². The van der Waals surface area contributed by atoms with E-state index in [-0.39, 0.29) is 0 Å². The van der Waals surface area contributed by atoms with Crippen molar-refractivity contribution in [3.63, 3.8) is 0 Å². The second-order valence-corrected chi connectivity index (χ2v) is 5.27. The van der Waals surface area contributed by atoms with Crippen molar-refractivity contribution in [2.75, 3.05) is 7.05 Å². The van der Waals surface area contributed by atoms with Gasteiger partial charge in [-0.15, -0.1) is 0 Å². The first kappa shape index (κ1) is 11.9. The van der Waals surface area contributed by atoms with Crippen molar-refractivity contribution < 1.29 is 0 Å². The van der Waals surface area contributed by atoms with E-state index in [1.165, 1.54) is 30.4 Å². The van der Waals surface area contributed by atoms with Gasteiger partial charge < -0.3 is 5.32 Å². The van der Waals surface area contributed by atoms with E-state index in [2.05, 4.69) is 37.5 Å². The van der Waals surface area contributed by atoms with Crippen molar-refractivity contribution in [1.29, 1.82) is 0 Å². The zero-order chi connectivity index (χ0) is 11.5. The number of hydrogen-bond acceptors (Lipinski definition) is 1. The van der Waals surface area contributed by atoms with Crippen LogP contribution in [0.25, 0.3) is 0 Å². The predicted molar refractivity (Wildman–Crippen MR) is 70.1 cm³/mol. The molecule has 1 aromatic carbocycles. The van der Waals surface area contributed by atoms with Crippen LogP contribution in [0.3, 0.4) is 0 Å². The molecule has 1 fully saturated rings. The number of benzene rings is 1. The summed E-state index contributed by atoms with van der Waals surface area (Å²) in [5, 5.41) is 4.34. The molecule has 0 aromatic heterocycles. The molecule has 0 saturated heterocycles. The van der Waals surface area contributed by atoms with Gasteiger partial charge in [-0.05, 0) is 62.8 Å². The van der Waals surface area contributed by atoms with Crippen molar-refractivity contribution in [3.8, 4) is 0 Å². The summed E-state index contributed by atoms with van der Waals surface area (Å²) in [5.41, 5.74) is 2.52. The molecule has 1 atom stereocenters. The van der Waals surface area contributed by atoms with Gasteiger partial charge in [-0.1, -0.05) is 23.7 Å². The summed E-state index contributed by atoms with van der Waals surface area (Å²) < 4.78 is 0. The van der Waals surface area contributed by atoms with Crippen LogP contribution in [0.15, 0.2) is 18.2 Å². The van der Waals surface area contributed by atoms with Gasteiger partial charge in [0, 0.05) is 11.1 Å². The smallest absolute Gasteiger partial charge is 0.0440 e. The molecule has 0 radical (unpaired) electrons. The molecule has 88 valence electrons. The summed E-state index contributed by atoms with van der Waals surface area (Å²) in [6.07, 6.45) is 5.07. The Kier molecular flexibility index (Phi) is 3.88. The monoisotopic (exact) mass is 237 g/mol. The minimum absolute atomic E-state index is 0.678. The fraction of sp³-hybridized carbons (Fsp3) is 0.571. The molecule has 0 amide bonds. The molecule has 2 heteroatoms. The minimum atomic E-state index is 0.678. The zero-order valence-corrected chi connectivity index (χ0v) is 10.8. The third-order valence-corrected chi connectivity index (χ3v) is 3.85. The molecule has 0 aliphatic heterocycles. The maximum atomic E-state index is 6.23. The molecule has 2 rings (SSSR count). The topological polar surface area (TPSA) is 12.0 Å². The van der Waals surface area contributed by atoms with Crippen LogP contribution in [0.5, 0.6) is 0 Å². The summed E-state index contributed by atoms with van der Waals surface area (Å²) >= 11 is 6.23. The molecule has 1 aliphatic carbocycles. The van der Waals surface area contributed by atoms with Crippen molar-refractivity contribution in [2.45, 2.75) is 38.6 Å². The van der Waals surface area contributed by atoms with Gasteiger partial charge in [-0.3, -0.25) is 0 Å². The normalized spacial score (nSPS) is 17.4. The Morgan fingerprint density at radius 3 is 2.75 bits per heavy atom. The van der Waals surface area contributed by atoms with Crippen molar-refractivity contribution in [1.82, 2.24) is 5.32 Å². The molecular weight excluding hydrogens is 218 g/mol. The Morgan fingerprint density at radius 2 is 2.19 bits per heavy atom. The fourth-order valence-corrected chi connectivity index (χ4v) is 2.61. The maximum Gasteiger partial charge on any atom is 0.0440 e. The van der Waals surface area contributed by atoms with E-state index in [1.54, 1.807) is 0 Å². The molecule has 1 N–H and O–H groups in total. The van der Waals surface area contributed by atoms with E-state index in [0.717, 1.165) is 17.4 Å². The van der Waals surface area contributed by atoms with E-state index >= 15 is 0 Å². The summed E-state index contributed by atoms with van der Waals surface area (Å²) in [6, 6.07) is 7.05. The first-order chi connectivity index (χ1) is 7.70. The highest BCUT2D eigenvalue weighted by molar-refractivity contribution is 6.31. The molecule has 0 bridgehead atoms. The first-order valence-electron chi connectivity index (χ1n) is 6.13. The van der Waals surface area contributed by atoms with E-state index < -0.39 is 0 Å². The predicted octanol–water partition coefficient (Wildman–Crippen LogP) is 3.58. The van der Waals surface area contributed by atoms with Gasteiger partial charge in [0.05, 0.1) is 0 Å². The largest absolute Gasteiger partial charge is 0.317 e. The van der Waals surface area contributed by atoms with Crippen LogP contribution < -0.4 is 5.32 Å². The summed E-state index contributed by atoms with van der Waals surface area (Å²) in [7, 11) is 2.07. The summed E-state index contributed by atoms with van der Waals surface area (Å²) in [5.74, 6) is 0.911. The van der Waals surface area contributed by atoms with Gasteiger partial charge in [0.25, 0.3) is 0 Å². The Hall–Kier alpha value is -0.530. The molecule has 1 nitrogen and oxygen atoms in total. The van der Waals surface area contributed by atoms with Crippen LogP contribution in [-0.4, -0.2) is 13.1 Å². The Morgan fingerprint density at radius 1 is 1.44 bits per heavy atom. The van der Waals surface area contributed by atoms with Crippen LogP contribution in [-0.2, 0) is 6.42 Å². The van der Waals surface area contributed by atoms with Gasteiger partial charge in [-0.25, -0.2) is 0 Å². The second-order valence-electron chi connectivity index (χ2n) is 4.87. The number of rotatable bonds is 5. The van der Waals surface area contributed by atoms with E-state index in [1.807, 2.05) is 0 Å². The van der Waals surface area contributed by atoms with Crippen LogP contribution in [0, 0.1) is 12.8 Å². The van der Waals surface area contributed by atoms with Gasteiger partial charge in [-0.2, -0.15) is 0 Å². The van der Waals surface area contributed by atoms with Gasteiger partial charge >= 0.3 is 0 Å². The molecule has 0 spiro atoms. The molecule has 1 aliphatic rings. The lowest BCUT2D eigenvalue weighted by molar-refractivity contribution is 0.470. The van der Waals surface area contributed by atoms with E-state index in [9.17, 15) is 0 Å². The average Bonchev–Trinajstić information content (AvgIpc) is 3.06. The number of hydrogen-bond donors (Lipinski definition) is 1. The summed E-state index contributed by atoms with van der Waals surface area (Å²) in [4.78, 5) is 0. The van der Waals surface area contributed by atoms with E-state index in [4.69, 9.17) is 11.6 Å². The Bertz CT molecular complexity index is 358. The highest BCUT2D eigenvalue weighted by atomic mass is 35.5. The minimum Gasteiger partial charge on any atom is -0.317 e. The van der Waals surface area contributed by atoms with E-state index in [0.29, 0.717) is 6.04 Å². The van der Waals surface area contributed by atoms with Crippen LogP contribution >= 0.6 is 11.6 Å². The molecule has 0 heterocycles. The zero-order valence-electron chi connectivity index (χ0n) is 10.1. The lowest BCUT2D eigenvalue weighted by atomic mass is 10.0. The highest BCUT2D eigenvalue weighted by Crippen LogP contribution is 2.34.